The van der Waals surface area contributed by atoms with Crippen LogP contribution in [0.2, 0.25) is 0 Å². The summed E-state index contributed by atoms with van der Waals surface area (Å²) in [5.74, 6) is 0.627. The monoisotopic (exact) mass is 538 g/mol. The molecule has 1 heterocycles. The average molecular weight is 539 g/mol. The lowest BCUT2D eigenvalue weighted by molar-refractivity contribution is 0.620. The number of hydrogen-bond acceptors (Lipinski definition) is 3. The van der Waals surface area contributed by atoms with Gasteiger partial charge in [-0.15, -0.1) is 0 Å². The van der Waals surface area contributed by atoms with Gasteiger partial charge in [0, 0.05) is 22.6 Å². The van der Waals surface area contributed by atoms with Gasteiger partial charge in [-0.3, -0.25) is 0 Å². The van der Waals surface area contributed by atoms with E-state index in [9.17, 15) is 0 Å². The van der Waals surface area contributed by atoms with Crippen molar-refractivity contribution < 1.29 is 4.42 Å². The van der Waals surface area contributed by atoms with Crippen molar-refractivity contribution in [3.8, 4) is 22.6 Å². The average Bonchev–Trinajstić information content (AvgIpc) is 3.49. The molecule has 0 amide bonds. The van der Waals surface area contributed by atoms with Crippen molar-refractivity contribution in [2.75, 3.05) is 4.90 Å². The molecule has 8 aromatic rings. The smallest absolute Gasteiger partial charge is 0.227 e. The number of nitrogens with zero attached hydrogens (tertiary/aromatic N) is 2. The highest BCUT2D eigenvalue weighted by atomic mass is 16.3. The number of hydrogen-bond donors (Lipinski definition) is 0. The molecule has 0 aliphatic rings. The molecule has 8 rings (SSSR count). The van der Waals surface area contributed by atoms with E-state index in [-0.39, 0.29) is 0 Å². The summed E-state index contributed by atoms with van der Waals surface area (Å²) in [6.07, 6.45) is 0. The maximum Gasteiger partial charge on any atom is 0.227 e. The van der Waals surface area contributed by atoms with Crippen molar-refractivity contribution in [2.24, 2.45) is 0 Å². The van der Waals surface area contributed by atoms with E-state index >= 15 is 0 Å². The molecule has 42 heavy (non-hydrogen) atoms. The zero-order valence-corrected chi connectivity index (χ0v) is 22.8. The van der Waals surface area contributed by atoms with Crippen LogP contribution in [-0.2, 0) is 0 Å². The van der Waals surface area contributed by atoms with Crippen molar-refractivity contribution >= 4 is 49.7 Å². The molecule has 7 aromatic carbocycles. The second-order valence-corrected chi connectivity index (χ2v) is 10.5. The van der Waals surface area contributed by atoms with Gasteiger partial charge in [-0.2, -0.15) is 0 Å². The van der Waals surface area contributed by atoms with Gasteiger partial charge in [-0.1, -0.05) is 78.9 Å². The van der Waals surface area contributed by atoms with Crippen molar-refractivity contribution in [3.05, 3.63) is 158 Å². The second kappa shape index (κ2) is 10.1. The molecule has 3 heteroatoms. The number of benzene rings is 7. The molecule has 0 atom stereocenters. The van der Waals surface area contributed by atoms with Gasteiger partial charge in [0.15, 0.2) is 5.58 Å². The van der Waals surface area contributed by atoms with Gasteiger partial charge in [0.1, 0.15) is 5.52 Å². The van der Waals surface area contributed by atoms with Crippen molar-refractivity contribution in [1.29, 1.82) is 0 Å². The maximum absolute atomic E-state index is 6.00. The van der Waals surface area contributed by atoms with Crippen LogP contribution in [0.25, 0.3) is 55.2 Å². The molecule has 1 aromatic heterocycles. The Labute approximate surface area is 243 Å². The quantitative estimate of drug-likeness (QED) is 0.204. The minimum absolute atomic E-state index is 0.627. The van der Waals surface area contributed by atoms with Crippen LogP contribution in [0.1, 0.15) is 0 Å². The van der Waals surface area contributed by atoms with Crippen LogP contribution in [0.3, 0.4) is 0 Å². The first kappa shape index (κ1) is 24.2. The Morgan fingerprint density at radius 2 is 0.952 bits per heavy atom. The fourth-order valence-corrected chi connectivity index (χ4v) is 5.70. The van der Waals surface area contributed by atoms with Crippen LogP contribution in [-0.4, -0.2) is 4.98 Å². The Hall–Kier alpha value is -5.67. The van der Waals surface area contributed by atoms with Crippen LogP contribution in [0, 0.1) is 0 Å². The number of rotatable bonds is 5. The lowest BCUT2D eigenvalue weighted by Crippen LogP contribution is -2.09. The van der Waals surface area contributed by atoms with Crippen LogP contribution in [0.4, 0.5) is 17.1 Å². The van der Waals surface area contributed by atoms with Gasteiger partial charge in [-0.25, -0.2) is 4.98 Å². The third kappa shape index (κ3) is 4.38. The topological polar surface area (TPSA) is 29.3 Å². The largest absolute Gasteiger partial charge is 0.436 e. The van der Waals surface area contributed by atoms with Crippen molar-refractivity contribution in [1.82, 2.24) is 4.98 Å². The van der Waals surface area contributed by atoms with Crippen LogP contribution in [0.5, 0.6) is 0 Å². The lowest BCUT2D eigenvalue weighted by atomic mass is 9.98. The van der Waals surface area contributed by atoms with Crippen LogP contribution < -0.4 is 4.90 Å². The van der Waals surface area contributed by atoms with Gasteiger partial charge in [0.2, 0.25) is 5.89 Å². The maximum atomic E-state index is 6.00. The number of anilines is 3. The van der Waals surface area contributed by atoms with E-state index in [1.165, 1.54) is 32.7 Å². The molecular weight excluding hydrogens is 512 g/mol. The zero-order chi connectivity index (χ0) is 27.9. The summed E-state index contributed by atoms with van der Waals surface area (Å²) in [6.45, 7) is 0. The van der Waals surface area contributed by atoms with Crippen LogP contribution >= 0.6 is 0 Å². The third-order valence-corrected chi connectivity index (χ3v) is 7.84. The molecule has 0 saturated carbocycles. The minimum Gasteiger partial charge on any atom is -0.436 e. The van der Waals surface area contributed by atoms with E-state index in [0.29, 0.717) is 5.89 Å². The number of oxazole rings is 1. The summed E-state index contributed by atoms with van der Waals surface area (Å²) in [5.41, 5.74) is 8.24. The van der Waals surface area contributed by atoms with Crippen LogP contribution in [0.15, 0.2) is 162 Å². The highest BCUT2D eigenvalue weighted by Gasteiger charge is 2.14. The van der Waals surface area contributed by atoms with Gasteiger partial charge >= 0.3 is 0 Å². The SMILES string of the molecule is c1ccc(N(c2ccc(-c3ccc4cc5ccccc5cc4c3)cc2)c2ccc(-c3nc4ccccc4o3)cc2)cc1. The summed E-state index contributed by atoms with van der Waals surface area (Å²) in [4.78, 5) is 6.94. The van der Waals surface area contributed by atoms with Gasteiger partial charge < -0.3 is 9.32 Å². The zero-order valence-electron chi connectivity index (χ0n) is 22.8. The highest BCUT2D eigenvalue weighted by Crippen LogP contribution is 2.37. The lowest BCUT2D eigenvalue weighted by Gasteiger charge is -2.25. The standard InChI is InChI=1S/C39H26N2O/c1-2-10-34(11-3-1)41(36-22-18-28(19-23-36)39-40-37-12-6-7-13-38(37)42-39)35-20-16-27(17-21-35)31-14-15-32-24-29-8-4-5-9-30(29)25-33(32)26-31/h1-26H. The fraction of sp³-hybridized carbons (Fsp3) is 0. The first-order chi connectivity index (χ1) is 20.8. The van der Waals surface area contributed by atoms with Gasteiger partial charge in [-0.05, 0) is 112 Å². The van der Waals surface area contributed by atoms with E-state index in [0.717, 1.165) is 33.7 Å². The van der Waals surface area contributed by atoms with E-state index in [1.54, 1.807) is 0 Å². The molecule has 0 radical (unpaired) electrons. The Kier molecular flexibility index (Phi) is 5.79. The predicted molar refractivity (Wildman–Crippen MR) is 175 cm³/mol. The minimum atomic E-state index is 0.627. The van der Waals surface area contributed by atoms with E-state index in [1.807, 2.05) is 30.3 Å². The molecule has 0 unspecified atom stereocenters. The first-order valence-corrected chi connectivity index (χ1v) is 14.1. The molecule has 198 valence electrons. The normalized spacial score (nSPS) is 11.3. The summed E-state index contributed by atoms with van der Waals surface area (Å²) < 4.78 is 6.00. The van der Waals surface area contributed by atoms with E-state index < -0.39 is 0 Å². The Morgan fingerprint density at radius 3 is 1.67 bits per heavy atom. The Bertz CT molecular complexity index is 2150. The molecule has 0 spiro atoms. The molecule has 0 fully saturated rings. The second-order valence-electron chi connectivity index (χ2n) is 10.5. The number of fused-ring (bicyclic) bond motifs is 3. The molecule has 0 saturated heterocycles. The van der Waals surface area contributed by atoms with Crippen molar-refractivity contribution in [3.63, 3.8) is 0 Å². The molecule has 0 aliphatic heterocycles. The van der Waals surface area contributed by atoms with Crippen molar-refractivity contribution in [2.45, 2.75) is 0 Å². The molecule has 0 aliphatic carbocycles. The van der Waals surface area contributed by atoms with E-state index in [4.69, 9.17) is 4.42 Å². The fourth-order valence-electron chi connectivity index (χ4n) is 5.70. The first-order valence-electron chi connectivity index (χ1n) is 14.1. The summed E-state index contributed by atoms with van der Waals surface area (Å²) in [6, 6.07) is 55.3. The molecule has 0 N–H and O–H groups in total. The summed E-state index contributed by atoms with van der Waals surface area (Å²) in [5, 5.41) is 5.04. The molecular formula is C39H26N2O. The molecule has 3 nitrogen and oxygen atoms in total. The number of aromatic nitrogens is 1. The predicted octanol–water partition coefficient (Wildman–Crippen LogP) is 10.9. The van der Waals surface area contributed by atoms with Gasteiger partial charge in [0.25, 0.3) is 0 Å². The highest BCUT2D eigenvalue weighted by molar-refractivity contribution is 5.99. The Balaban J connectivity index is 1.14. The summed E-state index contributed by atoms with van der Waals surface area (Å²) in [7, 11) is 0. The third-order valence-electron chi connectivity index (χ3n) is 7.84. The molecule has 0 bridgehead atoms. The number of para-hydroxylation sites is 3. The summed E-state index contributed by atoms with van der Waals surface area (Å²) >= 11 is 0. The van der Waals surface area contributed by atoms with E-state index in [2.05, 4.69) is 137 Å². The van der Waals surface area contributed by atoms with Gasteiger partial charge in [0.05, 0.1) is 0 Å². The Morgan fingerprint density at radius 1 is 0.405 bits per heavy atom.